The van der Waals surface area contributed by atoms with Crippen molar-refractivity contribution in [2.75, 3.05) is 25.0 Å². The Morgan fingerprint density at radius 1 is 1.17 bits per heavy atom. The van der Waals surface area contributed by atoms with Crippen LogP contribution in [0.4, 0.5) is 14.9 Å². The van der Waals surface area contributed by atoms with Gasteiger partial charge in [-0.2, -0.15) is 0 Å². The van der Waals surface area contributed by atoms with Crippen LogP contribution in [0.5, 0.6) is 0 Å². The van der Waals surface area contributed by atoms with E-state index in [0.717, 1.165) is 10.9 Å². The van der Waals surface area contributed by atoms with Crippen LogP contribution in [-0.2, 0) is 6.42 Å². The van der Waals surface area contributed by atoms with Crippen molar-refractivity contribution in [1.29, 1.82) is 0 Å². The number of rotatable bonds is 7. The maximum atomic E-state index is 13.3. The number of nitrogens with one attached hydrogen (secondary N) is 2. The molecule has 152 valence electrons. The molecule has 4 N–H and O–H groups in total. The maximum Gasteiger partial charge on any atom is 0.321 e. The Hall–Kier alpha value is -2.90. The zero-order valence-electron chi connectivity index (χ0n) is 15.8. The number of nitrogens with two attached hydrogens (primary N) is 1. The minimum Gasteiger partial charge on any atom is -0.330 e. The molecule has 3 rings (SSSR count). The first-order chi connectivity index (χ1) is 14.0. The SMILES string of the molecule is NCCCN(CCc1c[nH]c(=O)c2ccccc12)C(=O)Nc1ccc(F)c(Cl)c1. The van der Waals surface area contributed by atoms with E-state index in [0.29, 0.717) is 43.5 Å². The number of hydrogen-bond acceptors (Lipinski definition) is 3. The molecule has 0 unspecified atom stereocenters. The highest BCUT2D eigenvalue weighted by Crippen LogP contribution is 2.20. The van der Waals surface area contributed by atoms with Gasteiger partial charge in [-0.25, -0.2) is 9.18 Å². The lowest BCUT2D eigenvalue weighted by atomic mass is 10.1. The van der Waals surface area contributed by atoms with Gasteiger partial charge in [-0.05, 0) is 54.6 Å². The molecule has 0 saturated carbocycles. The summed E-state index contributed by atoms with van der Waals surface area (Å²) in [6.45, 7) is 1.35. The Labute approximate surface area is 172 Å². The molecule has 0 aliphatic carbocycles. The Balaban J connectivity index is 1.75. The third-order valence-electron chi connectivity index (χ3n) is 4.64. The number of aromatic nitrogens is 1. The molecule has 1 heterocycles. The molecule has 0 spiro atoms. The lowest BCUT2D eigenvalue weighted by molar-refractivity contribution is 0.212. The van der Waals surface area contributed by atoms with Crippen molar-refractivity contribution in [2.24, 2.45) is 5.73 Å². The first kappa shape index (κ1) is 20.8. The fourth-order valence-corrected chi connectivity index (χ4v) is 3.29. The molecule has 0 aliphatic heterocycles. The molecule has 1 aromatic heterocycles. The number of carbonyl (C=O) groups is 1. The van der Waals surface area contributed by atoms with Gasteiger partial charge in [0.15, 0.2) is 0 Å². The Bertz CT molecular complexity index is 1070. The molecule has 0 saturated heterocycles. The molecule has 0 aliphatic rings. The number of H-pyrrole nitrogens is 1. The van der Waals surface area contributed by atoms with Crippen LogP contribution in [0.15, 0.2) is 53.5 Å². The molecule has 0 radical (unpaired) electrons. The summed E-state index contributed by atoms with van der Waals surface area (Å²) < 4.78 is 13.3. The normalized spacial score (nSPS) is 10.9. The van der Waals surface area contributed by atoms with Crippen LogP contribution in [0.25, 0.3) is 10.8 Å². The van der Waals surface area contributed by atoms with Gasteiger partial charge in [-0.3, -0.25) is 4.79 Å². The highest BCUT2D eigenvalue weighted by molar-refractivity contribution is 6.31. The molecular formula is C21H22ClFN4O2. The van der Waals surface area contributed by atoms with Gasteiger partial charge in [-0.15, -0.1) is 0 Å². The smallest absolute Gasteiger partial charge is 0.321 e. The van der Waals surface area contributed by atoms with E-state index in [1.807, 2.05) is 18.2 Å². The fourth-order valence-electron chi connectivity index (χ4n) is 3.11. The molecule has 29 heavy (non-hydrogen) atoms. The van der Waals surface area contributed by atoms with Crippen molar-refractivity contribution in [3.05, 3.63) is 75.4 Å². The number of halogens is 2. The molecule has 0 atom stereocenters. The molecule has 8 heteroatoms. The predicted octanol–water partition coefficient (Wildman–Crippen LogP) is 3.75. The number of pyridine rings is 1. The number of fused-ring (bicyclic) bond motifs is 1. The number of anilines is 1. The summed E-state index contributed by atoms with van der Waals surface area (Å²) in [5.74, 6) is -0.547. The molecule has 3 aromatic rings. The second kappa shape index (κ2) is 9.54. The van der Waals surface area contributed by atoms with Gasteiger partial charge in [0, 0.05) is 30.4 Å². The van der Waals surface area contributed by atoms with Gasteiger partial charge in [0.25, 0.3) is 5.56 Å². The van der Waals surface area contributed by atoms with Crippen LogP contribution >= 0.6 is 11.6 Å². The van der Waals surface area contributed by atoms with Crippen molar-refractivity contribution >= 4 is 34.1 Å². The van der Waals surface area contributed by atoms with E-state index in [-0.39, 0.29) is 16.6 Å². The van der Waals surface area contributed by atoms with E-state index in [9.17, 15) is 14.0 Å². The van der Waals surface area contributed by atoms with E-state index in [1.54, 1.807) is 17.2 Å². The first-order valence-electron chi connectivity index (χ1n) is 9.30. The fraction of sp³-hybridized carbons (Fsp3) is 0.238. The first-order valence-corrected chi connectivity index (χ1v) is 9.67. The summed E-state index contributed by atoms with van der Waals surface area (Å²) in [5, 5.41) is 4.16. The lowest BCUT2D eigenvalue weighted by Crippen LogP contribution is -2.38. The van der Waals surface area contributed by atoms with Gasteiger partial charge in [0.1, 0.15) is 5.82 Å². The number of urea groups is 1. The van der Waals surface area contributed by atoms with E-state index in [2.05, 4.69) is 10.3 Å². The van der Waals surface area contributed by atoms with Gasteiger partial charge >= 0.3 is 6.03 Å². The van der Waals surface area contributed by atoms with Gasteiger partial charge in [0.2, 0.25) is 0 Å². The highest BCUT2D eigenvalue weighted by Gasteiger charge is 2.15. The zero-order valence-corrected chi connectivity index (χ0v) is 16.5. The van der Waals surface area contributed by atoms with E-state index >= 15 is 0 Å². The molecule has 2 aromatic carbocycles. The Morgan fingerprint density at radius 2 is 1.93 bits per heavy atom. The van der Waals surface area contributed by atoms with Crippen LogP contribution < -0.4 is 16.6 Å². The average Bonchev–Trinajstić information content (AvgIpc) is 2.72. The third-order valence-corrected chi connectivity index (χ3v) is 4.93. The van der Waals surface area contributed by atoms with Crippen LogP contribution in [0, 0.1) is 5.82 Å². The second-order valence-electron chi connectivity index (χ2n) is 6.63. The molecular weight excluding hydrogens is 395 g/mol. The number of amides is 2. The molecule has 0 bridgehead atoms. The summed E-state index contributed by atoms with van der Waals surface area (Å²) in [5.41, 5.74) is 6.81. The van der Waals surface area contributed by atoms with E-state index in [4.69, 9.17) is 17.3 Å². The average molecular weight is 417 g/mol. The minimum atomic E-state index is -0.547. The van der Waals surface area contributed by atoms with E-state index in [1.165, 1.54) is 18.2 Å². The quantitative estimate of drug-likeness (QED) is 0.547. The highest BCUT2D eigenvalue weighted by atomic mass is 35.5. The summed E-state index contributed by atoms with van der Waals surface area (Å²) in [6, 6.07) is 11.1. The molecule has 2 amide bonds. The summed E-state index contributed by atoms with van der Waals surface area (Å²) in [6.07, 6.45) is 2.88. The maximum absolute atomic E-state index is 13.3. The van der Waals surface area contributed by atoms with Gasteiger partial charge < -0.3 is 20.9 Å². The number of benzene rings is 2. The predicted molar refractivity (Wildman–Crippen MR) is 114 cm³/mol. The van der Waals surface area contributed by atoms with Crippen LogP contribution in [-0.4, -0.2) is 35.5 Å². The standard InChI is InChI=1S/C21H22ClFN4O2/c22-18-12-15(6-7-19(18)23)26-21(29)27(10-3-9-24)11-8-14-13-25-20(28)17-5-2-1-4-16(14)17/h1-2,4-7,12-13H,3,8-11,24H2,(H,25,28)(H,26,29). The van der Waals surface area contributed by atoms with Crippen molar-refractivity contribution in [3.63, 3.8) is 0 Å². The van der Waals surface area contributed by atoms with Crippen molar-refractivity contribution in [1.82, 2.24) is 9.88 Å². The van der Waals surface area contributed by atoms with Crippen molar-refractivity contribution < 1.29 is 9.18 Å². The summed E-state index contributed by atoms with van der Waals surface area (Å²) in [7, 11) is 0. The molecule has 0 fully saturated rings. The largest absolute Gasteiger partial charge is 0.330 e. The Kier molecular flexibility index (Phi) is 6.85. The number of nitrogens with zero attached hydrogens (tertiary/aromatic N) is 1. The number of hydrogen-bond donors (Lipinski definition) is 3. The van der Waals surface area contributed by atoms with Gasteiger partial charge in [0.05, 0.1) is 5.02 Å². The third kappa shape index (κ3) is 5.13. The van der Waals surface area contributed by atoms with E-state index < -0.39 is 5.82 Å². The van der Waals surface area contributed by atoms with Crippen LogP contribution in [0.2, 0.25) is 5.02 Å². The second-order valence-corrected chi connectivity index (χ2v) is 7.03. The molecule has 6 nitrogen and oxygen atoms in total. The monoisotopic (exact) mass is 416 g/mol. The van der Waals surface area contributed by atoms with Crippen LogP contribution in [0.1, 0.15) is 12.0 Å². The van der Waals surface area contributed by atoms with Crippen LogP contribution in [0.3, 0.4) is 0 Å². The minimum absolute atomic E-state index is 0.0592. The number of carbonyl (C=O) groups excluding carboxylic acids is 1. The summed E-state index contributed by atoms with van der Waals surface area (Å²) >= 11 is 5.78. The topological polar surface area (TPSA) is 91.2 Å². The van der Waals surface area contributed by atoms with Crippen molar-refractivity contribution in [3.8, 4) is 0 Å². The van der Waals surface area contributed by atoms with Gasteiger partial charge in [-0.1, -0.05) is 29.8 Å². The van der Waals surface area contributed by atoms with Crippen molar-refractivity contribution in [2.45, 2.75) is 12.8 Å². The number of aromatic amines is 1. The lowest BCUT2D eigenvalue weighted by Gasteiger charge is -2.23. The zero-order chi connectivity index (χ0) is 20.8. The Morgan fingerprint density at radius 3 is 2.66 bits per heavy atom. The summed E-state index contributed by atoms with van der Waals surface area (Å²) in [4.78, 5) is 29.1.